The first-order valence-electron chi connectivity index (χ1n) is 12.0. The second-order valence-corrected chi connectivity index (χ2v) is 8.40. The first-order valence-corrected chi connectivity index (χ1v) is 12.0. The summed E-state index contributed by atoms with van der Waals surface area (Å²) in [6, 6.07) is -0.745. The van der Waals surface area contributed by atoms with Gasteiger partial charge in [-0.1, -0.05) is 27.7 Å². The highest BCUT2D eigenvalue weighted by Crippen LogP contribution is 2.00. The van der Waals surface area contributed by atoms with E-state index >= 15 is 0 Å². The quantitative estimate of drug-likeness (QED) is 0.136. The number of hydrogen-bond donors (Lipinski definition) is 4. The van der Waals surface area contributed by atoms with E-state index < -0.39 is 12.0 Å². The van der Waals surface area contributed by atoms with Crippen LogP contribution in [0.4, 0.5) is 0 Å². The summed E-state index contributed by atoms with van der Waals surface area (Å²) in [5.74, 6) is -1.49. The third kappa shape index (κ3) is 20.9. The van der Waals surface area contributed by atoms with Crippen LogP contribution in [0.15, 0.2) is 0 Å². The van der Waals surface area contributed by atoms with E-state index in [1.807, 2.05) is 27.7 Å². The van der Waals surface area contributed by atoms with Gasteiger partial charge in [-0.15, -0.1) is 0 Å². The van der Waals surface area contributed by atoms with Gasteiger partial charge in [0, 0.05) is 31.5 Å². The molecule has 0 saturated heterocycles. The molecule has 0 rings (SSSR count). The van der Waals surface area contributed by atoms with Crippen LogP contribution in [0, 0.1) is 5.92 Å². The molecule has 0 aromatic rings. The molecule has 0 heterocycles. The van der Waals surface area contributed by atoms with Crippen molar-refractivity contribution in [1.29, 1.82) is 0 Å². The average Bonchev–Trinajstić information content (AvgIpc) is 2.79. The summed E-state index contributed by atoms with van der Waals surface area (Å²) in [7, 11) is 0. The van der Waals surface area contributed by atoms with Crippen LogP contribution in [0.2, 0.25) is 0 Å². The van der Waals surface area contributed by atoms with E-state index in [0.717, 1.165) is 0 Å². The number of carbonyl (C=O) groups excluding carboxylic acids is 3. The predicted molar refractivity (Wildman–Crippen MR) is 128 cm³/mol. The average molecular weight is 506 g/mol. The molecule has 0 radical (unpaired) electrons. The number of carboxylic acid groups (broad SMARTS) is 1. The topological polar surface area (TPSA) is 162 Å². The van der Waals surface area contributed by atoms with Gasteiger partial charge in [-0.3, -0.25) is 19.2 Å². The summed E-state index contributed by atoms with van der Waals surface area (Å²) in [5.41, 5.74) is 0. The van der Waals surface area contributed by atoms with Gasteiger partial charge < -0.3 is 40.0 Å². The van der Waals surface area contributed by atoms with Crippen LogP contribution in [-0.2, 0) is 38.1 Å². The maximum absolute atomic E-state index is 11.8. The van der Waals surface area contributed by atoms with Crippen LogP contribution in [0.3, 0.4) is 0 Å². The smallest absolute Gasteiger partial charge is 0.320 e. The van der Waals surface area contributed by atoms with E-state index in [1.165, 1.54) is 0 Å². The van der Waals surface area contributed by atoms with Crippen molar-refractivity contribution in [3.63, 3.8) is 0 Å². The van der Waals surface area contributed by atoms with E-state index in [-0.39, 0.29) is 75.4 Å². The van der Waals surface area contributed by atoms with Gasteiger partial charge in [0.2, 0.25) is 11.8 Å². The molecule has 35 heavy (non-hydrogen) atoms. The van der Waals surface area contributed by atoms with E-state index in [1.54, 1.807) is 0 Å². The van der Waals surface area contributed by atoms with Gasteiger partial charge in [-0.05, 0) is 6.42 Å². The Hall–Kier alpha value is -2.12. The molecule has 0 fully saturated rings. The molecule has 0 bridgehead atoms. The summed E-state index contributed by atoms with van der Waals surface area (Å²) >= 11 is 0. The first-order chi connectivity index (χ1) is 16.6. The second-order valence-electron chi connectivity index (χ2n) is 8.40. The van der Waals surface area contributed by atoms with Crippen LogP contribution in [0.25, 0.3) is 0 Å². The molecule has 2 amide bonds. The van der Waals surface area contributed by atoms with Crippen LogP contribution in [0.5, 0.6) is 0 Å². The lowest BCUT2D eigenvalue weighted by Crippen LogP contribution is -2.41. The van der Waals surface area contributed by atoms with Gasteiger partial charge >= 0.3 is 5.97 Å². The van der Waals surface area contributed by atoms with Gasteiger partial charge in [-0.2, -0.15) is 0 Å². The fourth-order valence-electron chi connectivity index (χ4n) is 2.56. The Morgan fingerprint density at radius 2 is 1.23 bits per heavy atom. The molecule has 0 aromatic heterocycles. The van der Waals surface area contributed by atoms with E-state index in [2.05, 4.69) is 16.0 Å². The Labute approximate surface area is 207 Å². The van der Waals surface area contributed by atoms with Crippen LogP contribution >= 0.6 is 0 Å². The molecule has 4 N–H and O–H groups in total. The van der Waals surface area contributed by atoms with Crippen molar-refractivity contribution in [3.8, 4) is 0 Å². The lowest BCUT2D eigenvalue weighted by atomic mass is 10.1. The standard InChI is InChI=1S/C23H43N3O9/c1-17(2)20(27)15-34-13-11-33-10-8-25-22(29)16-35-14-12-32-9-7-24-21(28)6-5-19(23(30)31)26-18(3)4/h17-19,26H,5-16H2,1-4H3,(H,24,28)(H,25,29)(H,30,31)/t19-/m1/s1. The van der Waals surface area contributed by atoms with Gasteiger partial charge in [0.05, 0.1) is 39.6 Å². The first kappa shape index (κ1) is 32.9. The summed E-state index contributed by atoms with van der Waals surface area (Å²) in [6.07, 6.45) is 0.310. The number of ketones is 1. The summed E-state index contributed by atoms with van der Waals surface area (Å²) < 4.78 is 21.0. The van der Waals surface area contributed by atoms with Crippen LogP contribution < -0.4 is 16.0 Å². The third-order valence-corrected chi connectivity index (χ3v) is 4.50. The van der Waals surface area contributed by atoms with Gasteiger partial charge in [0.25, 0.3) is 0 Å². The van der Waals surface area contributed by atoms with Gasteiger partial charge in [0.15, 0.2) is 5.78 Å². The number of amides is 2. The number of ether oxygens (including phenoxy) is 4. The molecule has 0 aliphatic rings. The molecule has 204 valence electrons. The van der Waals surface area contributed by atoms with Crippen molar-refractivity contribution in [3.05, 3.63) is 0 Å². The maximum atomic E-state index is 11.8. The maximum Gasteiger partial charge on any atom is 0.320 e. The van der Waals surface area contributed by atoms with Crippen molar-refractivity contribution >= 4 is 23.6 Å². The number of aliphatic carboxylic acids is 1. The monoisotopic (exact) mass is 505 g/mol. The largest absolute Gasteiger partial charge is 0.480 e. The Balaban J connectivity index is 3.51. The minimum Gasteiger partial charge on any atom is -0.480 e. The third-order valence-electron chi connectivity index (χ3n) is 4.50. The minimum absolute atomic E-state index is 0.0134. The molecular weight excluding hydrogens is 462 g/mol. The van der Waals surface area contributed by atoms with Gasteiger partial charge in [0.1, 0.15) is 19.3 Å². The fraction of sp³-hybridized carbons (Fsp3) is 0.826. The van der Waals surface area contributed by atoms with Crippen LogP contribution in [0.1, 0.15) is 40.5 Å². The molecule has 0 spiro atoms. The normalized spacial score (nSPS) is 12.1. The zero-order valence-corrected chi connectivity index (χ0v) is 21.4. The van der Waals surface area contributed by atoms with Crippen molar-refractivity contribution in [2.24, 2.45) is 5.92 Å². The molecule has 0 aliphatic heterocycles. The Bertz CT molecular complexity index is 615. The number of hydrogen-bond acceptors (Lipinski definition) is 9. The fourth-order valence-corrected chi connectivity index (χ4v) is 2.56. The van der Waals surface area contributed by atoms with Crippen molar-refractivity contribution in [2.45, 2.75) is 52.6 Å². The highest BCUT2D eigenvalue weighted by atomic mass is 16.5. The summed E-state index contributed by atoms with van der Waals surface area (Å²) in [6.45, 7) is 9.71. The van der Waals surface area contributed by atoms with Crippen LogP contribution in [-0.4, -0.2) is 107 Å². The predicted octanol–water partition coefficient (Wildman–Crippen LogP) is -0.258. The summed E-state index contributed by atoms with van der Waals surface area (Å²) in [4.78, 5) is 46.0. The molecule has 12 nitrogen and oxygen atoms in total. The Morgan fingerprint density at radius 3 is 1.74 bits per heavy atom. The lowest BCUT2D eigenvalue weighted by Gasteiger charge is -2.16. The molecule has 0 aromatic carbocycles. The minimum atomic E-state index is -0.977. The second kappa shape index (κ2) is 21.2. The van der Waals surface area contributed by atoms with Gasteiger partial charge in [-0.25, -0.2) is 0 Å². The molecule has 1 atom stereocenters. The van der Waals surface area contributed by atoms with E-state index in [0.29, 0.717) is 32.9 Å². The highest BCUT2D eigenvalue weighted by Gasteiger charge is 2.19. The molecular formula is C23H43N3O9. The van der Waals surface area contributed by atoms with E-state index in [9.17, 15) is 19.2 Å². The zero-order chi connectivity index (χ0) is 26.5. The highest BCUT2D eigenvalue weighted by molar-refractivity contribution is 5.81. The molecule has 0 aliphatic carbocycles. The molecule has 0 unspecified atom stereocenters. The van der Waals surface area contributed by atoms with E-state index in [4.69, 9.17) is 24.1 Å². The Morgan fingerprint density at radius 1 is 0.714 bits per heavy atom. The molecule has 12 heteroatoms. The number of carbonyl (C=O) groups is 4. The molecule has 0 saturated carbocycles. The SMILES string of the molecule is CC(C)N[C@H](CCC(=O)NCCOCCOCC(=O)NCCOCCOCC(=O)C(C)C)C(=O)O. The number of nitrogens with one attached hydrogen (secondary N) is 3. The summed E-state index contributed by atoms with van der Waals surface area (Å²) in [5, 5.41) is 17.4. The number of carboxylic acids is 1. The Kier molecular flexibility index (Phi) is 19.9. The van der Waals surface area contributed by atoms with Crippen molar-refractivity contribution in [2.75, 3.05) is 65.9 Å². The lowest BCUT2D eigenvalue weighted by molar-refractivity contribution is -0.140. The number of rotatable bonds is 23. The number of Topliss-reactive ketones (excluding diaryl/α,β-unsaturated/α-hetero) is 1. The zero-order valence-electron chi connectivity index (χ0n) is 21.4. The van der Waals surface area contributed by atoms with Crippen molar-refractivity contribution < 1.29 is 43.2 Å². The van der Waals surface area contributed by atoms with Crippen molar-refractivity contribution in [1.82, 2.24) is 16.0 Å².